The maximum Gasteiger partial charge on any atom is 0.306 e. The molecule has 0 unspecified atom stereocenters. The number of carbonyl (C=O) groups is 1. The van der Waals surface area contributed by atoms with Crippen molar-refractivity contribution in [2.24, 2.45) is 0 Å². The monoisotopic (exact) mass is 739 g/mol. The van der Waals surface area contributed by atoms with Gasteiger partial charge in [-0.15, -0.1) is 0 Å². The number of hydrogen-bond acceptors (Lipinski definition) is 11. The summed E-state index contributed by atoms with van der Waals surface area (Å²) < 4.78 is 31.5. The Kier molecular flexibility index (Phi) is 11.4. The maximum atomic E-state index is 12.1. The molecule has 7 rings (SSSR count). The molecule has 0 bridgehead atoms. The van der Waals surface area contributed by atoms with Crippen molar-refractivity contribution >= 4 is 17.1 Å². The Bertz CT molecular complexity index is 2210. The number of aryl methyl sites for hydroxylation is 1. The van der Waals surface area contributed by atoms with E-state index in [0.29, 0.717) is 29.7 Å². The van der Waals surface area contributed by atoms with E-state index in [1.54, 1.807) is 20.5 Å². The smallest absolute Gasteiger partial charge is 0.306 e. The average Bonchev–Trinajstić information content (AvgIpc) is 3.84. The number of methoxy groups -OCH3 is 2. The highest BCUT2D eigenvalue weighted by molar-refractivity contribution is 5.87. The molecule has 0 spiro atoms. The number of ether oxygens (including phenoxy) is 5. The molecule has 12 nitrogen and oxygen atoms in total. The van der Waals surface area contributed by atoms with E-state index in [2.05, 4.69) is 9.97 Å². The van der Waals surface area contributed by atoms with Crippen molar-refractivity contribution < 1.29 is 33.6 Å². The van der Waals surface area contributed by atoms with Crippen LogP contribution in [0.1, 0.15) is 47.7 Å². The fourth-order valence-electron chi connectivity index (χ4n) is 6.99. The first-order valence-electron chi connectivity index (χ1n) is 18.0. The number of hydrogen-bond donors (Lipinski definition) is 1. The predicted molar refractivity (Wildman–Crippen MR) is 203 cm³/mol. The van der Waals surface area contributed by atoms with Crippen LogP contribution in [0, 0.1) is 11.3 Å². The number of carbonyl (C=O) groups excluding carboxylic acids is 1. The van der Waals surface area contributed by atoms with Crippen LogP contribution in [-0.4, -0.2) is 70.2 Å². The number of aromatic nitrogens is 4. The van der Waals surface area contributed by atoms with E-state index in [1.165, 1.54) is 6.33 Å². The number of rotatable bonds is 15. The number of aliphatic hydroxyl groups is 1. The lowest BCUT2D eigenvalue weighted by molar-refractivity contribution is -0.143. The van der Waals surface area contributed by atoms with Gasteiger partial charge >= 0.3 is 5.97 Å². The Morgan fingerprint density at radius 2 is 1.60 bits per heavy atom. The summed E-state index contributed by atoms with van der Waals surface area (Å²) in [6, 6.07) is 35.3. The molecular weight excluding hydrogens is 699 g/mol. The molecule has 0 radical (unpaired) electrons. The molecule has 1 saturated heterocycles. The van der Waals surface area contributed by atoms with Crippen molar-refractivity contribution in [2.75, 3.05) is 27.4 Å². The molecule has 55 heavy (non-hydrogen) atoms. The van der Waals surface area contributed by atoms with E-state index in [4.69, 9.17) is 33.9 Å². The lowest BCUT2D eigenvalue weighted by Gasteiger charge is -2.37. The van der Waals surface area contributed by atoms with E-state index in [1.807, 2.05) is 114 Å². The predicted octanol–water partition coefficient (Wildman–Crippen LogP) is 6.56. The van der Waals surface area contributed by atoms with Crippen LogP contribution in [0.25, 0.3) is 22.4 Å². The Morgan fingerprint density at radius 3 is 2.27 bits per heavy atom. The van der Waals surface area contributed by atoms with Crippen LogP contribution in [0.4, 0.5) is 0 Å². The first-order chi connectivity index (χ1) is 26.9. The molecule has 0 amide bonds. The molecule has 3 heterocycles. The third kappa shape index (κ3) is 7.91. The zero-order chi connectivity index (χ0) is 38.2. The number of fused-ring (bicyclic) bond motifs is 1. The van der Waals surface area contributed by atoms with Crippen molar-refractivity contribution in [1.29, 1.82) is 5.26 Å². The summed E-state index contributed by atoms with van der Waals surface area (Å²) in [6.45, 7) is 0.157. The van der Waals surface area contributed by atoms with Gasteiger partial charge < -0.3 is 28.8 Å². The van der Waals surface area contributed by atoms with Gasteiger partial charge in [-0.05, 0) is 59.0 Å². The third-order valence-electron chi connectivity index (χ3n) is 9.81. The van der Waals surface area contributed by atoms with Crippen LogP contribution in [0.15, 0.2) is 116 Å². The minimum atomic E-state index is -1.07. The van der Waals surface area contributed by atoms with Crippen LogP contribution >= 0.6 is 0 Å². The van der Waals surface area contributed by atoms with Gasteiger partial charge in [0.05, 0.1) is 45.7 Å². The SMILES string of the molecule is COc1ccc(C(OC[C@H]2O[C@@H](n3cnc4c(-c5cccc(CCC(=O)OCCC#N)c5)ncnc43)C[C@@H]2O)(c2ccccc2)c2ccc(OC)cc2)cc1. The quantitative estimate of drug-likeness (QED) is 0.0693. The highest BCUT2D eigenvalue weighted by Gasteiger charge is 2.42. The summed E-state index contributed by atoms with van der Waals surface area (Å²) in [5.74, 6) is 1.09. The number of nitrogens with zero attached hydrogens (tertiary/aromatic N) is 5. The van der Waals surface area contributed by atoms with Crippen LogP contribution in [0.2, 0.25) is 0 Å². The topological polar surface area (TPSA) is 151 Å². The minimum absolute atomic E-state index is 0.0656. The average molecular weight is 740 g/mol. The molecule has 1 aliphatic rings. The molecule has 12 heteroatoms. The van der Waals surface area contributed by atoms with Gasteiger partial charge in [-0.3, -0.25) is 9.36 Å². The lowest BCUT2D eigenvalue weighted by Crippen LogP contribution is -2.38. The molecule has 1 aliphatic heterocycles. The highest BCUT2D eigenvalue weighted by atomic mass is 16.6. The molecule has 1 fully saturated rings. The largest absolute Gasteiger partial charge is 0.497 e. The zero-order valence-corrected chi connectivity index (χ0v) is 30.6. The molecule has 3 atom stereocenters. The molecule has 0 aliphatic carbocycles. The normalized spacial score (nSPS) is 16.8. The second-order valence-electron chi connectivity index (χ2n) is 13.1. The Balaban J connectivity index is 1.14. The second-order valence-corrected chi connectivity index (χ2v) is 13.1. The fourth-order valence-corrected chi connectivity index (χ4v) is 6.99. The molecule has 0 saturated carbocycles. The number of esters is 1. The number of aliphatic hydroxyl groups excluding tert-OH is 1. The summed E-state index contributed by atoms with van der Waals surface area (Å²) >= 11 is 0. The van der Waals surface area contributed by atoms with E-state index in [-0.39, 0.29) is 32.0 Å². The van der Waals surface area contributed by atoms with Gasteiger partial charge in [0.15, 0.2) is 5.65 Å². The summed E-state index contributed by atoms with van der Waals surface area (Å²) in [5, 5.41) is 20.1. The van der Waals surface area contributed by atoms with E-state index in [9.17, 15) is 9.90 Å². The van der Waals surface area contributed by atoms with Crippen LogP contribution in [0.5, 0.6) is 11.5 Å². The first-order valence-corrected chi connectivity index (χ1v) is 18.0. The number of benzene rings is 4. The van der Waals surface area contributed by atoms with Crippen molar-refractivity contribution in [1.82, 2.24) is 19.5 Å². The number of nitriles is 1. The van der Waals surface area contributed by atoms with Gasteiger partial charge in [0.2, 0.25) is 0 Å². The molecule has 4 aromatic carbocycles. The van der Waals surface area contributed by atoms with Crippen molar-refractivity contribution in [3.8, 4) is 28.8 Å². The second kappa shape index (κ2) is 16.9. The van der Waals surface area contributed by atoms with Gasteiger partial charge in [0, 0.05) is 18.4 Å². The van der Waals surface area contributed by atoms with Crippen LogP contribution in [0.3, 0.4) is 0 Å². The van der Waals surface area contributed by atoms with Crippen molar-refractivity contribution in [2.45, 2.75) is 49.7 Å². The van der Waals surface area contributed by atoms with Crippen LogP contribution < -0.4 is 9.47 Å². The zero-order valence-electron chi connectivity index (χ0n) is 30.6. The first kappa shape index (κ1) is 37.2. The van der Waals surface area contributed by atoms with Crippen LogP contribution in [-0.2, 0) is 31.0 Å². The fraction of sp³-hybridized carbons (Fsp3) is 0.279. The molecule has 2 aromatic heterocycles. The summed E-state index contributed by atoms with van der Waals surface area (Å²) in [4.78, 5) is 25.9. The van der Waals surface area contributed by atoms with E-state index >= 15 is 0 Å². The standard InChI is InChI=1S/C43H41N5O7/c1-51-34-17-13-32(14-18-34)43(31-10-4-3-5-11-31,33-15-19-35(52-2)20-16-33)54-26-37-36(49)25-38(55-37)48-28-47-41-40(45-27-46-42(41)48)30-9-6-8-29(24-30)12-21-39(50)53-23-7-22-44/h3-6,8-11,13-20,24,27-28,36-38,49H,7,12,21,23,25-26H2,1-2H3/t36-,37+,38+/m0/s1. The molecule has 1 N–H and O–H groups in total. The van der Waals surface area contributed by atoms with Crippen molar-refractivity contribution in [3.63, 3.8) is 0 Å². The van der Waals surface area contributed by atoms with Gasteiger partial charge in [-0.2, -0.15) is 5.26 Å². The lowest BCUT2D eigenvalue weighted by atomic mass is 9.80. The highest BCUT2D eigenvalue weighted by Crippen LogP contribution is 2.43. The van der Waals surface area contributed by atoms with Gasteiger partial charge in [-0.25, -0.2) is 15.0 Å². The summed E-state index contributed by atoms with van der Waals surface area (Å²) in [6.07, 6.45) is 2.19. The Hall–Kier alpha value is -6.13. The Morgan fingerprint density at radius 1 is 0.909 bits per heavy atom. The minimum Gasteiger partial charge on any atom is -0.497 e. The van der Waals surface area contributed by atoms with Gasteiger partial charge in [0.25, 0.3) is 0 Å². The molecule has 280 valence electrons. The number of imidazole rings is 1. The molecular formula is C43H41N5O7. The van der Waals surface area contributed by atoms with Gasteiger partial charge in [0.1, 0.15) is 53.6 Å². The summed E-state index contributed by atoms with van der Waals surface area (Å²) in [5.41, 5.74) is 5.10. The van der Waals surface area contributed by atoms with Gasteiger partial charge in [-0.1, -0.05) is 72.8 Å². The summed E-state index contributed by atoms with van der Waals surface area (Å²) in [7, 11) is 3.27. The Labute approximate surface area is 318 Å². The van der Waals surface area contributed by atoms with E-state index < -0.39 is 24.0 Å². The third-order valence-corrected chi connectivity index (χ3v) is 9.81. The van der Waals surface area contributed by atoms with E-state index in [0.717, 1.165) is 39.3 Å². The maximum absolute atomic E-state index is 12.1. The van der Waals surface area contributed by atoms with Crippen molar-refractivity contribution in [3.05, 3.63) is 138 Å². The molecule has 6 aromatic rings.